The molecule has 0 aliphatic rings. The predicted octanol–water partition coefficient (Wildman–Crippen LogP) is 13.0. The van der Waals surface area contributed by atoms with Crippen LogP contribution < -0.4 is 4.90 Å². The summed E-state index contributed by atoms with van der Waals surface area (Å²) < 4.78 is 8.97. The maximum Gasteiger partial charge on any atom is 0.143 e. The molecule has 0 atom stereocenters. The largest absolute Gasteiger partial charge is 0.455 e. The van der Waals surface area contributed by atoms with Crippen molar-refractivity contribution in [2.75, 3.05) is 4.90 Å². The van der Waals surface area contributed by atoms with Crippen LogP contribution in [0.3, 0.4) is 0 Å². The van der Waals surface area contributed by atoms with Crippen molar-refractivity contribution in [3.8, 4) is 16.8 Å². The third-order valence-corrected chi connectivity index (χ3v) is 9.77. The third-order valence-electron chi connectivity index (χ3n) is 9.77. The molecule has 0 N–H and O–H groups in total. The number of rotatable bonds is 5. The summed E-state index contributed by atoms with van der Waals surface area (Å²) in [5.74, 6) is 0. The number of furan rings is 1. The zero-order valence-corrected chi connectivity index (χ0v) is 26.6. The Kier molecular flexibility index (Phi) is 6.18. The predicted molar refractivity (Wildman–Crippen MR) is 206 cm³/mol. The average molecular weight is 627 g/mol. The van der Waals surface area contributed by atoms with E-state index < -0.39 is 0 Å². The second-order valence-electron chi connectivity index (χ2n) is 12.6. The molecule has 3 nitrogen and oxygen atoms in total. The quantitative estimate of drug-likeness (QED) is 0.190. The Balaban J connectivity index is 1.14. The van der Waals surface area contributed by atoms with Crippen LogP contribution >= 0.6 is 0 Å². The third kappa shape index (κ3) is 4.37. The second-order valence-corrected chi connectivity index (χ2v) is 12.6. The summed E-state index contributed by atoms with van der Waals surface area (Å²) in [5.41, 5.74) is 11.0. The first-order chi connectivity index (χ1) is 24.3. The van der Waals surface area contributed by atoms with Crippen LogP contribution in [0.1, 0.15) is 0 Å². The van der Waals surface area contributed by atoms with E-state index in [4.69, 9.17) is 4.42 Å². The van der Waals surface area contributed by atoms with Crippen molar-refractivity contribution < 1.29 is 4.42 Å². The van der Waals surface area contributed by atoms with Gasteiger partial charge in [-0.3, -0.25) is 0 Å². The highest BCUT2D eigenvalue weighted by Gasteiger charge is 2.19. The Labute approximate surface area is 283 Å². The molecule has 0 fully saturated rings. The molecule has 0 aliphatic carbocycles. The second kappa shape index (κ2) is 11.0. The Morgan fingerprint density at radius 1 is 0.388 bits per heavy atom. The molecule has 0 spiro atoms. The molecular formula is C46H30N2O. The van der Waals surface area contributed by atoms with Gasteiger partial charge in [0.2, 0.25) is 0 Å². The molecule has 0 bridgehead atoms. The molecule has 0 amide bonds. The molecule has 2 heterocycles. The van der Waals surface area contributed by atoms with Crippen LogP contribution in [0.15, 0.2) is 186 Å². The number of para-hydroxylation sites is 3. The highest BCUT2D eigenvalue weighted by molar-refractivity contribution is 6.29. The minimum atomic E-state index is 0.916. The van der Waals surface area contributed by atoms with Gasteiger partial charge in [0.05, 0.1) is 11.0 Å². The monoisotopic (exact) mass is 626 g/mol. The molecule has 0 unspecified atom stereocenters. The minimum Gasteiger partial charge on any atom is -0.455 e. The van der Waals surface area contributed by atoms with Crippen molar-refractivity contribution in [1.82, 2.24) is 4.57 Å². The molecule has 2 aromatic heterocycles. The maximum atomic E-state index is 6.58. The van der Waals surface area contributed by atoms with Crippen LogP contribution in [0.4, 0.5) is 17.1 Å². The molecule has 0 saturated heterocycles. The summed E-state index contributed by atoms with van der Waals surface area (Å²) in [6.07, 6.45) is 0. The average Bonchev–Trinajstić information content (AvgIpc) is 3.72. The molecular weight excluding hydrogens is 597 g/mol. The molecule has 0 radical (unpaired) electrons. The van der Waals surface area contributed by atoms with E-state index in [1.165, 1.54) is 32.8 Å². The molecule has 10 rings (SSSR count). The maximum absolute atomic E-state index is 6.58. The van der Waals surface area contributed by atoms with E-state index >= 15 is 0 Å². The Bertz CT molecular complexity index is 2790. The highest BCUT2D eigenvalue weighted by Crippen LogP contribution is 2.43. The van der Waals surface area contributed by atoms with Crippen molar-refractivity contribution in [1.29, 1.82) is 0 Å². The van der Waals surface area contributed by atoms with Gasteiger partial charge < -0.3 is 13.9 Å². The zero-order valence-electron chi connectivity index (χ0n) is 26.6. The fourth-order valence-electron chi connectivity index (χ4n) is 7.54. The highest BCUT2D eigenvalue weighted by atomic mass is 16.3. The molecule has 230 valence electrons. The van der Waals surface area contributed by atoms with Gasteiger partial charge in [0, 0.05) is 49.7 Å². The lowest BCUT2D eigenvalue weighted by Crippen LogP contribution is -2.10. The number of anilines is 3. The van der Waals surface area contributed by atoms with Gasteiger partial charge in [-0.25, -0.2) is 0 Å². The van der Waals surface area contributed by atoms with E-state index in [0.29, 0.717) is 0 Å². The standard InChI is InChI=1S/C46H30N2O/c1-3-11-31(12-4-1)32-19-23-35(24-20-32)47(34-13-5-2-6-14-34)36-25-27-37(28-26-36)48-41-17-9-7-16-40(41)45-42(48)30-22-33-21-29-39-38-15-8-10-18-43(38)49-46(39)44(33)45/h1-30H. The summed E-state index contributed by atoms with van der Waals surface area (Å²) >= 11 is 0. The van der Waals surface area contributed by atoms with Gasteiger partial charge in [-0.05, 0) is 89.3 Å². The SMILES string of the molecule is c1ccc(-c2ccc(N(c3ccccc3)c3ccc(-n4c5ccccc5c5c6c(ccc7c8ccccc8oc76)ccc54)cc3)cc2)cc1. The Morgan fingerprint density at radius 3 is 1.76 bits per heavy atom. The Hall–Kier alpha value is -6.58. The van der Waals surface area contributed by atoms with Crippen LogP contribution in [-0.4, -0.2) is 4.57 Å². The summed E-state index contributed by atoms with van der Waals surface area (Å²) in [6.45, 7) is 0. The molecule has 10 aromatic rings. The van der Waals surface area contributed by atoms with Gasteiger partial charge in [-0.2, -0.15) is 0 Å². The lowest BCUT2D eigenvalue weighted by atomic mass is 10.0. The summed E-state index contributed by atoms with van der Waals surface area (Å²) in [7, 11) is 0. The fourth-order valence-corrected chi connectivity index (χ4v) is 7.54. The van der Waals surface area contributed by atoms with Crippen molar-refractivity contribution in [2.45, 2.75) is 0 Å². The fraction of sp³-hybridized carbons (Fsp3) is 0. The van der Waals surface area contributed by atoms with Crippen LogP contribution in [0.5, 0.6) is 0 Å². The summed E-state index contributed by atoms with van der Waals surface area (Å²) in [6, 6.07) is 64.8. The lowest BCUT2D eigenvalue weighted by molar-refractivity contribution is 0.673. The number of hydrogen-bond donors (Lipinski definition) is 0. The van der Waals surface area contributed by atoms with Gasteiger partial charge in [-0.1, -0.05) is 109 Å². The van der Waals surface area contributed by atoms with E-state index in [2.05, 4.69) is 185 Å². The first-order valence-corrected chi connectivity index (χ1v) is 16.7. The van der Waals surface area contributed by atoms with Crippen LogP contribution in [0, 0.1) is 0 Å². The van der Waals surface area contributed by atoms with Gasteiger partial charge >= 0.3 is 0 Å². The minimum absolute atomic E-state index is 0.916. The van der Waals surface area contributed by atoms with Crippen LogP contribution in [-0.2, 0) is 0 Å². The Morgan fingerprint density at radius 2 is 0.980 bits per heavy atom. The number of hydrogen-bond acceptors (Lipinski definition) is 2. The van der Waals surface area contributed by atoms with Crippen molar-refractivity contribution in [2.24, 2.45) is 0 Å². The van der Waals surface area contributed by atoms with Gasteiger partial charge in [0.15, 0.2) is 0 Å². The summed E-state index contributed by atoms with van der Waals surface area (Å²) in [5, 5.41) is 7.06. The first kappa shape index (κ1) is 27.5. The van der Waals surface area contributed by atoms with E-state index in [1.807, 2.05) is 6.07 Å². The van der Waals surface area contributed by atoms with Crippen LogP contribution in [0.25, 0.3) is 71.3 Å². The summed E-state index contributed by atoms with van der Waals surface area (Å²) in [4.78, 5) is 2.32. The molecule has 8 aromatic carbocycles. The number of nitrogens with zero attached hydrogens (tertiary/aromatic N) is 2. The zero-order chi connectivity index (χ0) is 32.3. The molecule has 49 heavy (non-hydrogen) atoms. The van der Waals surface area contributed by atoms with E-state index in [1.54, 1.807) is 0 Å². The van der Waals surface area contributed by atoms with E-state index in [-0.39, 0.29) is 0 Å². The number of fused-ring (bicyclic) bond motifs is 9. The molecule has 3 heteroatoms. The molecule has 0 aliphatic heterocycles. The normalized spacial score (nSPS) is 11.7. The van der Waals surface area contributed by atoms with Crippen LogP contribution in [0.2, 0.25) is 0 Å². The number of benzene rings is 8. The first-order valence-electron chi connectivity index (χ1n) is 16.7. The van der Waals surface area contributed by atoms with Crippen molar-refractivity contribution in [3.63, 3.8) is 0 Å². The lowest BCUT2D eigenvalue weighted by Gasteiger charge is -2.26. The van der Waals surface area contributed by atoms with E-state index in [0.717, 1.165) is 55.6 Å². The van der Waals surface area contributed by atoms with Crippen molar-refractivity contribution >= 4 is 71.6 Å². The number of aromatic nitrogens is 1. The van der Waals surface area contributed by atoms with Gasteiger partial charge in [0.1, 0.15) is 11.2 Å². The van der Waals surface area contributed by atoms with E-state index in [9.17, 15) is 0 Å². The van der Waals surface area contributed by atoms with Crippen molar-refractivity contribution in [3.05, 3.63) is 182 Å². The van der Waals surface area contributed by atoms with Gasteiger partial charge in [-0.15, -0.1) is 0 Å². The van der Waals surface area contributed by atoms with Gasteiger partial charge in [0.25, 0.3) is 0 Å². The molecule has 0 saturated carbocycles. The smallest absolute Gasteiger partial charge is 0.143 e. The topological polar surface area (TPSA) is 21.3 Å².